The topological polar surface area (TPSA) is 58.6 Å². The number of hydrogen-bond donors (Lipinski definition) is 1. The van der Waals surface area contributed by atoms with Crippen molar-refractivity contribution in [2.45, 2.75) is 0 Å². The van der Waals surface area contributed by atoms with Gasteiger partial charge in [-0.05, 0) is 36.4 Å². The molecule has 0 aliphatic carbocycles. The van der Waals surface area contributed by atoms with E-state index >= 15 is 0 Å². The lowest BCUT2D eigenvalue weighted by Crippen LogP contribution is -1.82. The Morgan fingerprint density at radius 1 is 1.04 bits per heavy atom. The third-order valence-corrected chi connectivity index (χ3v) is 3.83. The van der Waals surface area contributed by atoms with E-state index in [9.17, 15) is 5.11 Å². The summed E-state index contributed by atoms with van der Waals surface area (Å²) in [6.45, 7) is 0. The van der Waals surface area contributed by atoms with Gasteiger partial charge in [-0.15, -0.1) is 0 Å². The van der Waals surface area contributed by atoms with Gasteiger partial charge in [-0.2, -0.15) is 0 Å². The van der Waals surface area contributed by atoms with Gasteiger partial charge in [0.05, 0.1) is 5.69 Å². The molecule has 0 bridgehead atoms. The normalized spacial score (nSPS) is 14.4. The molecule has 0 amide bonds. The molecule has 0 saturated heterocycles. The molecule has 4 nitrogen and oxygen atoms in total. The van der Waals surface area contributed by atoms with Gasteiger partial charge in [0.25, 0.3) is 0 Å². The number of allylic oxidation sites excluding steroid dienone is 1. The molecule has 0 unspecified atom stereocenters. The Bertz CT molecular complexity index is 940. The molecule has 0 fully saturated rings. The van der Waals surface area contributed by atoms with Crippen LogP contribution in [0.2, 0.25) is 5.02 Å². The highest BCUT2D eigenvalue weighted by Gasteiger charge is 2.16. The summed E-state index contributed by atoms with van der Waals surface area (Å²) >= 11 is 5.87. The van der Waals surface area contributed by atoms with E-state index in [-0.39, 0.29) is 5.95 Å². The maximum atomic E-state index is 10.0. The lowest BCUT2D eigenvalue weighted by molar-refractivity contribution is 0.336. The third-order valence-electron chi connectivity index (χ3n) is 3.58. The van der Waals surface area contributed by atoms with E-state index < -0.39 is 0 Å². The van der Waals surface area contributed by atoms with Crippen molar-refractivity contribution in [3.8, 4) is 17.4 Å². The fourth-order valence-corrected chi connectivity index (χ4v) is 2.56. The van der Waals surface area contributed by atoms with Crippen LogP contribution in [0.4, 0.5) is 5.69 Å². The van der Waals surface area contributed by atoms with Crippen LogP contribution in [0.15, 0.2) is 57.9 Å². The van der Waals surface area contributed by atoms with Crippen molar-refractivity contribution < 1.29 is 9.52 Å². The maximum Gasteiger partial charge on any atom is 0.310 e. The number of hydrogen-bond acceptors (Lipinski definition) is 4. The molecule has 1 aromatic heterocycles. The first-order valence-electron chi connectivity index (χ1n) is 7.01. The maximum absolute atomic E-state index is 10.0. The number of rotatable bonds is 2. The molecule has 0 saturated carbocycles. The van der Waals surface area contributed by atoms with Gasteiger partial charge in [-0.25, -0.2) is 4.98 Å². The number of aromatic hydroxyl groups is 1. The summed E-state index contributed by atoms with van der Waals surface area (Å²) in [7, 11) is 0. The minimum Gasteiger partial charge on any atom is -0.479 e. The van der Waals surface area contributed by atoms with Crippen molar-refractivity contribution in [2.24, 2.45) is 4.99 Å². The Balaban J connectivity index is 1.73. The number of para-hydroxylation sites is 1. The highest BCUT2D eigenvalue weighted by atomic mass is 35.5. The van der Waals surface area contributed by atoms with Gasteiger partial charge in [-0.1, -0.05) is 29.8 Å². The van der Waals surface area contributed by atoms with Crippen LogP contribution < -0.4 is 0 Å². The number of nitrogens with zero attached hydrogens (tertiary/aromatic N) is 2. The fourth-order valence-electron chi connectivity index (χ4n) is 2.44. The second kappa shape index (κ2) is 5.41. The zero-order chi connectivity index (χ0) is 15.8. The quantitative estimate of drug-likeness (QED) is 0.725. The first kappa shape index (κ1) is 13.8. The Hall–Kier alpha value is -2.85. The predicted molar refractivity (Wildman–Crippen MR) is 91.1 cm³/mol. The second-order valence-corrected chi connectivity index (χ2v) is 5.53. The molecule has 23 heavy (non-hydrogen) atoms. The van der Waals surface area contributed by atoms with Gasteiger partial charge in [0.1, 0.15) is 5.69 Å². The number of aliphatic imine (C=N–C) groups is 1. The van der Waals surface area contributed by atoms with E-state index in [4.69, 9.17) is 16.0 Å². The van der Waals surface area contributed by atoms with Crippen LogP contribution in [0, 0.1) is 0 Å². The third kappa shape index (κ3) is 2.53. The molecule has 2 heterocycles. The molecule has 0 radical (unpaired) electrons. The van der Waals surface area contributed by atoms with Crippen molar-refractivity contribution in [3.63, 3.8) is 0 Å². The van der Waals surface area contributed by atoms with Crippen LogP contribution >= 0.6 is 11.6 Å². The molecule has 1 aliphatic rings. The summed E-state index contributed by atoms with van der Waals surface area (Å²) in [4.78, 5) is 8.68. The fraction of sp³-hybridized carbons (Fsp3) is 0. The lowest BCUT2D eigenvalue weighted by Gasteiger charge is -1.97. The molecule has 1 N–H and O–H groups in total. The Labute approximate surface area is 137 Å². The van der Waals surface area contributed by atoms with Crippen LogP contribution in [0.3, 0.4) is 0 Å². The predicted octanol–water partition coefficient (Wildman–Crippen LogP) is 4.96. The van der Waals surface area contributed by atoms with E-state index in [1.165, 1.54) is 0 Å². The molecule has 0 spiro atoms. The molecule has 0 atom stereocenters. The molecular formula is C18H11ClN2O2. The Morgan fingerprint density at radius 3 is 2.65 bits per heavy atom. The van der Waals surface area contributed by atoms with Gasteiger partial charge >= 0.3 is 5.95 Å². The Kier molecular flexibility index (Phi) is 3.24. The van der Waals surface area contributed by atoms with E-state index in [0.29, 0.717) is 16.6 Å². The summed E-state index contributed by atoms with van der Waals surface area (Å²) in [5, 5.41) is 10.6. The molecule has 2 aromatic carbocycles. The average molecular weight is 323 g/mol. The molecule has 4 rings (SSSR count). The number of oxazole rings is 1. The minimum atomic E-state index is -0.222. The van der Waals surface area contributed by atoms with Crippen LogP contribution in [-0.2, 0) is 0 Å². The van der Waals surface area contributed by atoms with E-state index in [1.807, 2.05) is 24.3 Å². The first-order chi connectivity index (χ1) is 11.2. The van der Waals surface area contributed by atoms with Crippen LogP contribution in [-0.4, -0.2) is 16.3 Å². The van der Waals surface area contributed by atoms with Gasteiger partial charge in [0.2, 0.25) is 5.89 Å². The highest BCUT2D eigenvalue weighted by Crippen LogP contribution is 2.34. The van der Waals surface area contributed by atoms with Crippen molar-refractivity contribution in [1.29, 1.82) is 0 Å². The summed E-state index contributed by atoms with van der Waals surface area (Å²) in [5.41, 5.74) is 3.90. The van der Waals surface area contributed by atoms with Crippen molar-refractivity contribution in [2.75, 3.05) is 0 Å². The second-order valence-electron chi connectivity index (χ2n) is 5.09. The smallest absolute Gasteiger partial charge is 0.310 e. The molecule has 1 aliphatic heterocycles. The minimum absolute atomic E-state index is 0.222. The molecular weight excluding hydrogens is 312 g/mol. The number of benzene rings is 2. The standard InChI is InChI=1S/C18H11ClN2O2/c19-13-7-5-11(6-8-13)17-21-16(18(22)23-17)9-12-10-20-15-4-2-1-3-14(12)15/h1-10,22H. The van der Waals surface area contributed by atoms with Crippen LogP contribution in [0.5, 0.6) is 5.95 Å². The van der Waals surface area contributed by atoms with Gasteiger partial charge in [-0.3, -0.25) is 4.99 Å². The van der Waals surface area contributed by atoms with E-state index in [0.717, 1.165) is 22.4 Å². The zero-order valence-corrected chi connectivity index (χ0v) is 12.7. The summed E-state index contributed by atoms with van der Waals surface area (Å²) in [6.07, 6.45) is 3.51. The van der Waals surface area contributed by atoms with Crippen molar-refractivity contribution in [3.05, 3.63) is 64.8 Å². The number of halogens is 1. The van der Waals surface area contributed by atoms with Gasteiger partial charge < -0.3 is 9.52 Å². The molecule has 5 heteroatoms. The van der Waals surface area contributed by atoms with Crippen LogP contribution in [0.1, 0.15) is 11.3 Å². The molecule has 3 aromatic rings. The van der Waals surface area contributed by atoms with Gasteiger partial charge in [0.15, 0.2) is 0 Å². The van der Waals surface area contributed by atoms with E-state index in [1.54, 1.807) is 36.6 Å². The van der Waals surface area contributed by atoms with Crippen molar-refractivity contribution in [1.82, 2.24) is 4.98 Å². The summed E-state index contributed by atoms with van der Waals surface area (Å²) in [5.74, 6) is 0.120. The largest absolute Gasteiger partial charge is 0.479 e. The number of fused-ring (bicyclic) bond motifs is 1. The van der Waals surface area contributed by atoms with E-state index in [2.05, 4.69) is 9.98 Å². The van der Waals surface area contributed by atoms with Crippen molar-refractivity contribution >= 4 is 35.2 Å². The van der Waals surface area contributed by atoms with Crippen LogP contribution in [0.25, 0.3) is 23.1 Å². The zero-order valence-electron chi connectivity index (χ0n) is 11.9. The molecule has 112 valence electrons. The SMILES string of the molecule is Oc1oc(-c2ccc(Cl)cc2)nc1C=C1C=Nc2ccccc21. The van der Waals surface area contributed by atoms with Gasteiger partial charge in [0, 0.05) is 27.9 Å². The summed E-state index contributed by atoms with van der Waals surface area (Å²) < 4.78 is 5.35. The Morgan fingerprint density at radius 2 is 1.83 bits per heavy atom. The highest BCUT2D eigenvalue weighted by molar-refractivity contribution is 6.30. The summed E-state index contributed by atoms with van der Waals surface area (Å²) in [6, 6.07) is 14.9. The monoisotopic (exact) mass is 322 g/mol. The average Bonchev–Trinajstić information content (AvgIpc) is 3.13. The number of aromatic nitrogens is 1. The first-order valence-corrected chi connectivity index (χ1v) is 7.39. The lowest BCUT2D eigenvalue weighted by atomic mass is 10.1.